The molecule has 2 nitrogen and oxygen atoms in total. The zero-order valence-corrected chi connectivity index (χ0v) is 7.82. The van der Waals surface area contributed by atoms with Gasteiger partial charge in [0, 0.05) is 22.5 Å². The van der Waals surface area contributed by atoms with Crippen LogP contribution in [-0.2, 0) is 15.5 Å². The Labute approximate surface area is 69.8 Å². The molecule has 2 aliphatic heterocycles. The van der Waals surface area contributed by atoms with E-state index in [-0.39, 0.29) is 5.41 Å². The van der Waals surface area contributed by atoms with E-state index in [4.69, 9.17) is 4.74 Å². The third-order valence-corrected chi connectivity index (χ3v) is 5.05. The van der Waals surface area contributed by atoms with Gasteiger partial charge in [0.25, 0.3) is 0 Å². The molecule has 2 rings (SSSR count). The van der Waals surface area contributed by atoms with Crippen LogP contribution in [0.15, 0.2) is 0 Å². The Kier molecular flexibility index (Phi) is 1.62. The molecular formula is C8H14O2S. The van der Waals surface area contributed by atoms with Crippen molar-refractivity contribution < 1.29 is 8.95 Å². The molecule has 11 heavy (non-hydrogen) atoms. The lowest BCUT2D eigenvalue weighted by atomic mass is 9.80. The summed E-state index contributed by atoms with van der Waals surface area (Å²) in [5.74, 6) is 1.41. The average molecular weight is 174 g/mol. The predicted octanol–water partition coefficient (Wildman–Crippen LogP) is 0.790. The molecule has 3 atom stereocenters. The summed E-state index contributed by atoms with van der Waals surface area (Å²) in [5, 5.41) is 0.338. The molecule has 0 amide bonds. The molecule has 2 fully saturated rings. The summed E-state index contributed by atoms with van der Waals surface area (Å²) in [7, 11) is -0.623. The molecule has 0 aromatic carbocycles. The van der Waals surface area contributed by atoms with Crippen LogP contribution in [0.4, 0.5) is 0 Å². The Morgan fingerprint density at radius 3 is 2.82 bits per heavy atom. The van der Waals surface area contributed by atoms with Crippen molar-refractivity contribution in [2.24, 2.45) is 11.3 Å². The molecule has 0 N–H and O–H groups in total. The minimum absolute atomic E-state index is 0.242. The maximum absolute atomic E-state index is 11.5. The van der Waals surface area contributed by atoms with Crippen molar-refractivity contribution in [1.29, 1.82) is 0 Å². The van der Waals surface area contributed by atoms with Gasteiger partial charge in [-0.1, -0.05) is 13.8 Å². The highest BCUT2D eigenvalue weighted by atomic mass is 32.2. The summed E-state index contributed by atoms with van der Waals surface area (Å²) in [4.78, 5) is 0. The first kappa shape index (κ1) is 7.74. The van der Waals surface area contributed by atoms with Crippen LogP contribution in [0.1, 0.15) is 13.8 Å². The third-order valence-electron chi connectivity index (χ3n) is 2.88. The summed E-state index contributed by atoms with van der Waals surface area (Å²) >= 11 is 0. The van der Waals surface area contributed by atoms with E-state index in [1.165, 1.54) is 0 Å². The Morgan fingerprint density at radius 2 is 2.18 bits per heavy atom. The lowest BCUT2D eigenvalue weighted by Crippen LogP contribution is -2.25. The molecule has 0 spiro atoms. The van der Waals surface area contributed by atoms with Crippen molar-refractivity contribution in [1.82, 2.24) is 0 Å². The van der Waals surface area contributed by atoms with Crippen molar-refractivity contribution in [2.75, 3.05) is 19.0 Å². The van der Waals surface area contributed by atoms with Gasteiger partial charge in [0.05, 0.1) is 18.5 Å². The largest absolute Gasteiger partial charge is 0.380 e. The molecule has 64 valence electrons. The van der Waals surface area contributed by atoms with E-state index >= 15 is 0 Å². The Bertz CT molecular complexity index is 200. The zero-order valence-electron chi connectivity index (χ0n) is 7.00. The lowest BCUT2D eigenvalue weighted by molar-refractivity contribution is 0.154. The van der Waals surface area contributed by atoms with Gasteiger partial charge in [0.2, 0.25) is 0 Å². The van der Waals surface area contributed by atoms with Gasteiger partial charge in [-0.05, 0) is 5.41 Å². The van der Waals surface area contributed by atoms with Crippen LogP contribution in [0.5, 0.6) is 0 Å². The first-order valence-corrected chi connectivity index (χ1v) is 5.44. The highest BCUT2D eigenvalue weighted by Gasteiger charge is 2.49. The van der Waals surface area contributed by atoms with Gasteiger partial charge >= 0.3 is 0 Å². The molecule has 2 aliphatic rings. The SMILES string of the molecule is CC1(C)CS(=O)C2COCC21. The van der Waals surface area contributed by atoms with E-state index in [1.54, 1.807) is 0 Å². The first-order valence-electron chi connectivity index (χ1n) is 4.06. The molecule has 0 bridgehead atoms. The van der Waals surface area contributed by atoms with Gasteiger partial charge in [0.1, 0.15) is 0 Å². The minimum atomic E-state index is -0.623. The molecule has 2 heterocycles. The molecule has 0 aromatic heterocycles. The second kappa shape index (κ2) is 2.30. The molecule has 2 saturated heterocycles. The molecule has 3 heteroatoms. The molecule has 0 radical (unpaired) electrons. The van der Waals surface area contributed by atoms with Crippen LogP contribution in [0.3, 0.4) is 0 Å². The zero-order chi connectivity index (χ0) is 8.06. The van der Waals surface area contributed by atoms with Crippen LogP contribution in [0.25, 0.3) is 0 Å². The summed E-state index contributed by atoms with van der Waals surface area (Å²) in [6.45, 7) is 5.94. The van der Waals surface area contributed by atoms with Gasteiger partial charge in [0.15, 0.2) is 0 Å². The van der Waals surface area contributed by atoms with Crippen molar-refractivity contribution >= 4 is 10.8 Å². The van der Waals surface area contributed by atoms with Gasteiger partial charge in [-0.25, -0.2) is 0 Å². The topological polar surface area (TPSA) is 26.3 Å². The lowest BCUT2D eigenvalue weighted by Gasteiger charge is -2.22. The monoisotopic (exact) mass is 174 g/mol. The van der Waals surface area contributed by atoms with Crippen LogP contribution in [-0.4, -0.2) is 28.4 Å². The highest BCUT2D eigenvalue weighted by Crippen LogP contribution is 2.42. The fraction of sp³-hybridized carbons (Fsp3) is 1.00. The summed E-state index contributed by atoms with van der Waals surface area (Å²) in [6, 6.07) is 0. The van der Waals surface area contributed by atoms with Gasteiger partial charge < -0.3 is 4.74 Å². The quantitative estimate of drug-likeness (QED) is 0.543. The predicted molar refractivity (Wildman–Crippen MR) is 44.9 cm³/mol. The Balaban J connectivity index is 2.27. The van der Waals surface area contributed by atoms with Crippen LogP contribution >= 0.6 is 0 Å². The third kappa shape index (κ3) is 1.05. The number of rotatable bonds is 0. The summed E-state index contributed by atoms with van der Waals surface area (Å²) < 4.78 is 16.8. The average Bonchev–Trinajstić information content (AvgIpc) is 2.37. The van der Waals surface area contributed by atoms with Crippen molar-refractivity contribution in [3.63, 3.8) is 0 Å². The Hall–Kier alpha value is 0.110. The van der Waals surface area contributed by atoms with Crippen LogP contribution in [0, 0.1) is 11.3 Å². The molecule has 0 saturated carbocycles. The van der Waals surface area contributed by atoms with Gasteiger partial charge in [-0.2, -0.15) is 0 Å². The van der Waals surface area contributed by atoms with E-state index in [9.17, 15) is 4.21 Å². The maximum Gasteiger partial charge on any atom is 0.0637 e. The second-order valence-electron chi connectivity index (χ2n) is 4.20. The second-order valence-corrected chi connectivity index (χ2v) is 5.85. The molecule has 3 unspecified atom stereocenters. The fourth-order valence-electron chi connectivity index (χ4n) is 2.10. The van der Waals surface area contributed by atoms with E-state index in [0.717, 1.165) is 19.0 Å². The number of hydrogen-bond acceptors (Lipinski definition) is 2. The maximum atomic E-state index is 11.5. The van der Waals surface area contributed by atoms with Gasteiger partial charge in [-0.3, -0.25) is 4.21 Å². The van der Waals surface area contributed by atoms with Crippen molar-refractivity contribution in [2.45, 2.75) is 19.1 Å². The van der Waals surface area contributed by atoms with E-state index < -0.39 is 10.8 Å². The molecule has 0 aromatic rings. The normalized spacial score (nSPS) is 47.6. The van der Waals surface area contributed by atoms with Crippen molar-refractivity contribution in [3.8, 4) is 0 Å². The number of ether oxygens (including phenoxy) is 1. The highest BCUT2D eigenvalue weighted by molar-refractivity contribution is 7.86. The van der Waals surface area contributed by atoms with Gasteiger partial charge in [-0.15, -0.1) is 0 Å². The van der Waals surface area contributed by atoms with Crippen LogP contribution < -0.4 is 0 Å². The van der Waals surface area contributed by atoms with Crippen molar-refractivity contribution in [3.05, 3.63) is 0 Å². The van der Waals surface area contributed by atoms with E-state index in [1.807, 2.05) is 0 Å². The number of fused-ring (bicyclic) bond motifs is 1. The Morgan fingerprint density at radius 1 is 1.45 bits per heavy atom. The van der Waals surface area contributed by atoms with E-state index in [0.29, 0.717) is 11.2 Å². The smallest absolute Gasteiger partial charge is 0.0637 e. The molecule has 0 aliphatic carbocycles. The summed E-state index contributed by atoms with van der Waals surface area (Å²) in [5.41, 5.74) is 0.242. The number of hydrogen-bond donors (Lipinski definition) is 0. The standard InChI is InChI=1S/C8H14O2S/c1-8(2)5-11(9)7-4-10-3-6(7)8/h6-7H,3-5H2,1-2H3. The van der Waals surface area contributed by atoms with Crippen LogP contribution in [0.2, 0.25) is 0 Å². The first-order chi connectivity index (χ1) is 5.11. The fourth-order valence-corrected chi connectivity index (χ4v) is 4.33. The summed E-state index contributed by atoms with van der Waals surface area (Å²) in [6.07, 6.45) is 0. The molecular weight excluding hydrogens is 160 g/mol. The minimum Gasteiger partial charge on any atom is -0.380 e. The van der Waals surface area contributed by atoms with E-state index in [2.05, 4.69) is 13.8 Å².